The van der Waals surface area contributed by atoms with Crippen LogP contribution in [0.25, 0.3) is 0 Å². The Bertz CT molecular complexity index is 475. The molecule has 3 rings (SSSR count). The molecular formula is C15H19N3O. The van der Waals surface area contributed by atoms with E-state index in [1.807, 2.05) is 24.4 Å². The van der Waals surface area contributed by atoms with Gasteiger partial charge < -0.3 is 14.6 Å². The lowest BCUT2D eigenvalue weighted by atomic mass is 10.0. The molecule has 0 atom stereocenters. The number of hydrogen-bond acceptors (Lipinski definition) is 4. The first-order chi connectivity index (χ1) is 9.42. The highest BCUT2D eigenvalue weighted by Crippen LogP contribution is 2.17. The van der Waals surface area contributed by atoms with Crippen molar-refractivity contribution in [1.82, 2.24) is 10.3 Å². The lowest BCUT2D eigenvalue weighted by Gasteiger charge is -2.33. The second-order valence-corrected chi connectivity index (χ2v) is 4.96. The summed E-state index contributed by atoms with van der Waals surface area (Å²) in [5.74, 6) is 1.09. The first-order valence-corrected chi connectivity index (χ1v) is 6.82. The Hall–Kier alpha value is -1.81. The van der Waals surface area contributed by atoms with Gasteiger partial charge in [0.2, 0.25) is 0 Å². The Kier molecular flexibility index (Phi) is 3.79. The Morgan fingerprint density at radius 2 is 2.16 bits per heavy atom. The second-order valence-electron chi connectivity index (χ2n) is 4.96. The van der Waals surface area contributed by atoms with Gasteiger partial charge in [0, 0.05) is 37.4 Å². The Labute approximate surface area is 113 Å². The standard InChI is InChI=1S/C15H19N3O/c1-2-7-16-15(3-1)18-8-4-14(5-9-18)17-11-13-6-10-19-12-13/h1-3,6-7,10,12,14,17H,4-5,8-9,11H2. The molecule has 100 valence electrons. The SMILES string of the molecule is c1ccc(N2CCC(NCc3ccoc3)CC2)nc1. The summed E-state index contributed by atoms with van der Waals surface area (Å²) in [6, 6.07) is 8.69. The van der Waals surface area contributed by atoms with E-state index in [0.29, 0.717) is 6.04 Å². The van der Waals surface area contributed by atoms with Crippen molar-refractivity contribution >= 4 is 5.82 Å². The first-order valence-electron chi connectivity index (χ1n) is 6.82. The maximum absolute atomic E-state index is 5.07. The van der Waals surface area contributed by atoms with Gasteiger partial charge in [-0.05, 0) is 31.0 Å². The molecule has 2 aromatic rings. The zero-order valence-electron chi connectivity index (χ0n) is 11.0. The van der Waals surface area contributed by atoms with Crippen LogP contribution in [0.5, 0.6) is 0 Å². The summed E-state index contributed by atoms with van der Waals surface area (Å²) in [5, 5.41) is 3.59. The normalized spacial score (nSPS) is 16.7. The Morgan fingerprint density at radius 1 is 1.26 bits per heavy atom. The smallest absolute Gasteiger partial charge is 0.128 e. The van der Waals surface area contributed by atoms with Crippen LogP contribution in [0.1, 0.15) is 18.4 Å². The number of pyridine rings is 1. The minimum atomic E-state index is 0.592. The van der Waals surface area contributed by atoms with Gasteiger partial charge in [0.1, 0.15) is 5.82 Å². The van der Waals surface area contributed by atoms with Crippen molar-refractivity contribution in [2.45, 2.75) is 25.4 Å². The number of piperidine rings is 1. The molecule has 3 heterocycles. The van der Waals surface area contributed by atoms with Crippen LogP contribution < -0.4 is 10.2 Å². The van der Waals surface area contributed by atoms with Gasteiger partial charge in [0.05, 0.1) is 12.5 Å². The van der Waals surface area contributed by atoms with Crippen LogP contribution in [0.15, 0.2) is 47.4 Å². The van der Waals surface area contributed by atoms with Crippen molar-refractivity contribution in [2.75, 3.05) is 18.0 Å². The van der Waals surface area contributed by atoms with E-state index in [1.165, 1.54) is 5.56 Å². The van der Waals surface area contributed by atoms with E-state index in [2.05, 4.69) is 21.3 Å². The van der Waals surface area contributed by atoms with E-state index in [1.54, 1.807) is 12.5 Å². The fourth-order valence-corrected chi connectivity index (χ4v) is 2.51. The molecular weight excluding hydrogens is 238 g/mol. The van der Waals surface area contributed by atoms with Gasteiger partial charge in [0.25, 0.3) is 0 Å². The van der Waals surface area contributed by atoms with E-state index in [9.17, 15) is 0 Å². The third kappa shape index (κ3) is 3.15. The van der Waals surface area contributed by atoms with Crippen molar-refractivity contribution in [2.24, 2.45) is 0 Å². The highest BCUT2D eigenvalue weighted by atomic mass is 16.3. The van der Waals surface area contributed by atoms with E-state index in [-0.39, 0.29) is 0 Å². The lowest BCUT2D eigenvalue weighted by Crippen LogP contribution is -2.42. The monoisotopic (exact) mass is 257 g/mol. The number of rotatable bonds is 4. The van der Waals surface area contributed by atoms with Gasteiger partial charge in [0.15, 0.2) is 0 Å². The van der Waals surface area contributed by atoms with Gasteiger partial charge in [-0.3, -0.25) is 0 Å². The maximum atomic E-state index is 5.07. The van der Waals surface area contributed by atoms with Gasteiger partial charge in [-0.15, -0.1) is 0 Å². The molecule has 1 N–H and O–H groups in total. The van der Waals surface area contributed by atoms with Crippen LogP contribution in [0.4, 0.5) is 5.82 Å². The zero-order valence-corrected chi connectivity index (χ0v) is 11.0. The molecule has 2 aromatic heterocycles. The summed E-state index contributed by atoms with van der Waals surface area (Å²) in [7, 11) is 0. The minimum Gasteiger partial charge on any atom is -0.472 e. The molecule has 1 saturated heterocycles. The number of furan rings is 1. The molecule has 0 aromatic carbocycles. The first kappa shape index (κ1) is 12.2. The molecule has 19 heavy (non-hydrogen) atoms. The number of hydrogen-bond donors (Lipinski definition) is 1. The molecule has 0 bridgehead atoms. The van der Waals surface area contributed by atoms with Crippen LogP contribution in [0, 0.1) is 0 Å². The van der Waals surface area contributed by atoms with Gasteiger partial charge in [-0.25, -0.2) is 4.98 Å². The largest absolute Gasteiger partial charge is 0.472 e. The number of nitrogens with zero attached hydrogens (tertiary/aromatic N) is 2. The fraction of sp³-hybridized carbons (Fsp3) is 0.400. The van der Waals surface area contributed by atoms with Crippen molar-refractivity contribution in [1.29, 1.82) is 0 Å². The summed E-state index contributed by atoms with van der Waals surface area (Å²) in [4.78, 5) is 6.76. The van der Waals surface area contributed by atoms with Crippen LogP contribution in [-0.4, -0.2) is 24.1 Å². The highest BCUT2D eigenvalue weighted by Gasteiger charge is 2.19. The van der Waals surface area contributed by atoms with E-state index < -0.39 is 0 Å². The molecule has 0 saturated carbocycles. The fourth-order valence-electron chi connectivity index (χ4n) is 2.51. The number of anilines is 1. The molecule has 1 aliphatic rings. The van der Waals surface area contributed by atoms with Crippen molar-refractivity contribution in [3.05, 3.63) is 48.6 Å². The third-order valence-corrected chi connectivity index (χ3v) is 3.64. The maximum Gasteiger partial charge on any atom is 0.128 e. The van der Waals surface area contributed by atoms with Gasteiger partial charge in [-0.2, -0.15) is 0 Å². The molecule has 1 aliphatic heterocycles. The summed E-state index contributed by atoms with van der Waals surface area (Å²) < 4.78 is 5.07. The summed E-state index contributed by atoms with van der Waals surface area (Å²) >= 11 is 0. The predicted octanol–water partition coefficient (Wildman–Crippen LogP) is 2.43. The lowest BCUT2D eigenvalue weighted by molar-refractivity contribution is 0.412. The predicted molar refractivity (Wildman–Crippen MR) is 75.0 cm³/mol. The average molecular weight is 257 g/mol. The minimum absolute atomic E-state index is 0.592. The van der Waals surface area contributed by atoms with Crippen molar-refractivity contribution in [3.8, 4) is 0 Å². The van der Waals surface area contributed by atoms with Crippen LogP contribution in [-0.2, 0) is 6.54 Å². The Balaban J connectivity index is 1.47. The zero-order chi connectivity index (χ0) is 12.9. The quantitative estimate of drug-likeness (QED) is 0.913. The molecule has 1 fully saturated rings. The molecule has 0 amide bonds. The molecule has 0 aliphatic carbocycles. The van der Waals surface area contributed by atoms with Crippen LogP contribution >= 0.6 is 0 Å². The molecule has 0 spiro atoms. The van der Waals surface area contributed by atoms with E-state index in [0.717, 1.165) is 38.3 Å². The number of aromatic nitrogens is 1. The van der Waals surface area contributed by atoms with E-state index >= 15 is 0 Å². The topological polar surface area (TPSA) is 41.3 Å². The van der Waals surface area contributed by atoms with Crippen LogP contribution in [0.2, 0.25) is 0 Å². The molecule has 4 nitrogen and oxygen atoms in total. The summed E-state index contributed by atoms with van der Waals surface area (Å²) in [6.07, 6.45) is 7.71. The van der Waals surface area contributed by atoms with Crippen molar-refractivity contribution < 1.29 is 4.42 Å². The number of nitrogens with one attached hydrogen (secondary N) is 1. The molecule has 0 unspecified atom stereocenters. The van der Waals surface area contributed by atoms with Gasteiger partial charge >= 0.3 is 0 Å². The third-order valence-electron chi connectivity index (χ3n) is 3.64. The van der Waals surface area contributed by atoms with Crippen LogP contribution in [0.3, 0.4) is 0 Å². The highest BCUT2D eigenvalue weighted by molar-refractivity contribution is 5.38. The average Bonchev–Trinajstić information content (AvgIpc) is 3.00. The summed E-state index contributed by atoms with van der Waals surface area (Å²) in [6.45, 7) is 3.03. The van der Waals surface area contributed by atoms with E-state index in [4.69, 9.17) is 4.42 Å². The summed E-state index contributed by atoms with van der Waals surface area (Å²) in [5.41, 5.74) is 1.21. The van der Waals surface area contributed by atoms with Crippen molar-refractivity contribution in [3.63, 3.8) is 0 Å². The molecule has 4 heteroatoms. The molecule has 0 radical (unpaired) electrons. The second kappa shape index (κ2) is 5.89. The van der Waals surface area contributed by atoms with Gasteiger partial charge in [-0.1, -0.05) is 6.07 Å². The Morgan fingerprint density at radius 3 is 2.84 bits per heavy atom.